The van der Waals surface area contributed by atoms with Crippen LogP contribution in [0.15, 0.2) is 48.5 Å². The van der Waals surface area contributed by atoms with Gasteiger partial charge in [0.1, 0.15) is 12.4 Å². The van der Waals surface area contributed by atoms with Crippen LogP contribution in [0.5, 0.6) is 5.75 Å². The first-order valence-corrected chi connectivity index (χ1v) is 9.53. The summed E-state index contributed by atoms with van der Waals surface area (Å²) in [5.41, 5.74) is 2.24. The maximum atomic E-state index is 11.6. The SMILES string of the molecule is O=C1CCCN1CCCNCc1cccc(OCc2cccc(Cl)c2)c1. The standard InChI is InChI=1S/C21H25ClN2O2/c22-19-7-1-6-18(13-19)16-26-20-8-2-5-17(14-20)15-23-10-4-12-24-11-3-9-21(24)25/h1-2,5-8,13-14,23H,3-4,9-12,15-16H2. The van der Waals surface area contributed by atoms with Crippen molar-refractivity contribution in [2.24, 2.45) is 0 Å². The van der Waals surface area contributed by atoms with E-state index in [9.17, 15) is 4.79 Å². The average molecular weight is 373 g/mol. The predicted molar refractivity (Wildman–Crippen MR) is 104 cm³/mol. The molecule has 26 heavy (non-hydrogen) atoms. The minimum Gasteiger partial charge on any atom is -0.489 e. The molecule has 5 heteroatoms. The Labute approximate surface area is 160 Å². The number of hydrogen-bond donors (Lipinski definition) is 1. The van der Waals surface area contributed by atoms with E-state index in [0.717, 1.165) is 61.8 Å². The quantitative estimate of drug-likeness (QED) is 0.676. The van der Waals surface area contributed by atoms with Crippen LogP contribution in [-0.4, -0.2) is 30.4 Å². The molecule has 1 saturated heterocycles. The predicted octanol–water partition coefficient (Wildman–Crippen LogP) is 4.02. The van der Waals surface area contributed by atoms with Crippen molar-refractivity contribution < 1.29 is 9.53 Å². The van der Waals surface area contributed by atoms with Crippen LogP contribution in [-0.2, 0) is 17.9 Å². The normalized spacial score (nSPS) is 14.0. The first-order chi connectivity index (χ1) is 12.7. The highest BCUT2D eigenvalue weighted by Gasteiger charge is 2.18. The number of hydrogen-bond acceptors (Lipinski definition) is 3. The maximum Gasteiger partial charge on any atom is 0.222 e. The Kier molecular flexibility index (Phi) is 6.92. The fourth-order valence-electron chi connectivity index (χ4n) is 3.11. The van der Waals surface area contributed by atoms with E-state index in [4.69, 9.17) is 16.3 Å². The van der Waals surface area contributed by atoms with Gasteiger partial charge in [0.2, 0.25) is 5.91 Å². The Hall–Kier alpha value is -2.04. The molecular weight excluding hydrogens is 348 g/mol. The summed E-state index contributed by atoms with van der Waals surface area (Å²) in [6.07, 6.45) is 2.71. The molecule has 1 fully saturated rings. The van der Waals surface area contributed by atoms with E-state index < -0.39 is 0 Å². The lowest BCUT2D eigenvalue weighted by Crippen LogP contribution is -2.28. The van der Waals surface area contributed by atoms with Crippen LogP contribution in [0.1, 0.15) is 30.4 Å². The summed E-state index contributed by atoms with van der Waals surface area (Å²) in [5.74, 6) is 1.15. The first kappa shape index (κ1) is 18.7. The lowest BCUT2D eigenvalue weighted by Gasteiger charge is -2.15. The molecule has 1 heterocycles. The molecule has 138 valence electrons. The molecule has 1 amide bonds. The Morgan fingerprint density at radius 1 is 1.12 bits per heavy atom. The van der Waals surface area contributed by atoms with E-state index >= 15 is 0 Å². The molecule has 4 nitrogen and oxygen atoms in total. The van der Waals surface area contributed by atoms with Crippen molar-refractivity contribution in [3.8, 4) is 5.75 Å². The largest absolute Gasteiger partial charge is 0.489 e. The fraction of sp³-hybridized carbons (Fsp3) is 0.381. The van der Waals surface area contributed by atoms with Crippen LogP contribution in [0.4, 0.5) is 0 Å². The van der Waals surface area contributed by atoms with Gasteiger partial charge in [0, 0.05) is 31.1 Å². The maximum absolute atomic E-state index is 11.6. The number of ether oxygens (including phenoxy) is 1. The van der Waals surface area contributed by atoms with Crippen LogP contribution >= 0.6 is 11.6 Å². The molecular formula is C21H25ClN2O2. The highest BCUT2D eigenvalue weighted by atomic mass is 35.5. The van der Waals surface area contributed by atoms with Gasteiger partial charge in [0.25, 0.3) is 0 Å². The van der Waals surface area contributed by atoms with E-state index in [1.54, 1.807) is 0 Å². The Morgan fingerprint density at radius 2 is 1.96 bits per heavy atom. The number of likely N-dealkylation sites (tertiary alicyclic amines) is 1. The van der Waals surface area contributed by atoms with Crippen molar-refractivity contribution in [3.63, 3.8) is 0 Å². The number of halogens is 1. The minimum absolute atomic E-state index is 0.301. The molecule has 2 aromatic carbocycles. The Bertz CT molecular complexity index is 735. The molecule has 0 aromatic heterocycles. The number of amides is 1. The zero-order chi connectivity index (χ0) is 18.2. The molecule has 0 unspecified atom stereocenters. The molecule has 1 aliphatic heterocycles. The number of benzene rings is 2. The van der Waals surface area contributed by atoms with Crippen molar-refractivity contribution in [3.05, 3.63) is 64.7 Å². The third-order valence-corrected chi connectivity index (χ3v) is 4.71. The minimum atomic E-state index is 0.301. The molecule has 3 rings (SSSR count). The summed E-state index contributed by atoms with van der Waals surface area (Å²) in [5, 5.41) is 4.16. The summed E-state index contributed by atoms with van der Waals surface area (Å²) in [7, 11) is 0. The van der Waals surface area contributed by atoms with Crippen LogP contribution < -0.4 is 10.1 Å². The van der Waals surface area contributed by atoms with E-state index in [1.807, 2.05) is 41.3 Å². The van der Waals surface area contributed by atoms with Crippen LogP contribution in [0.3, 0.4) is 0 Å². The molecule has 0 saturated carbocycles. The first-order valence-electron chi connectivity index (χ1n) is 9.15. The molecule has 1 N–H and O–H groups in total. The van der Waals surface area contributed by atoms with Gasteiger partial charge in [-0.1, -0.05) is 35.9 Å². The second kappa shape index (κ2) is 9.60. The monoisotopic (exact) mass is 372 g/mol. The number of carbonyl (C=O) groups excluding carboxylic acids is 1. The lowest BCUT2D eigenvalue weighted by molar-refractivity contribution is -0.127. The van der Waals surface area contributed by atoms with Gasteiger partial charge in [-0.2, -0.15) is 0 Å². The van der Waals surface area contributed by atoms with Gasteiger partial charge in [0.15, 0.2) is 0 Å². The highest BCUT2D eigenvalue weighted by molar-refractivity contribution is 6.30. The molecule has 0 aliphatic carbocycles. The van der Waals surface area contributed by atoms with Crippen LogP contribution in [0, 0.1) is 0 Å². The van der Waals surface area contributed by atoms with Gasteiger partial charge < -0.3 is 15.0 Å². The van der Waals surface area contributed by atoms with Gasteiger partial charge >= 0.3 is 0 Å². The fourth-order valence-corrected chi connectivity index (χ4v) is 3.32. The average Bonchev–Trinajstić information content (AvgIpc) is 3.05. The molecule has 0 atom stereocenters. The van der Waals surface area contributed by atoms with Gasteiger partial charge in [-0.25, -0.2) is 0 Å². The summed E-state index contributed by atoms with van der Waals surface area (Å²) in [6, 6.07) is 15.8. The smallest absolute Gasteiger partial charge is 0.222 e. The van der Waals surface area contributed by atoms with Crippen LogP contribution in [0.2, 0.25) is 5.02 Å². The number of nitrogens with one attached hydrogen (secondary N) is 1. The second-order valence-electron chi connectivity index (χ2n) is 6.58. The zero-order valence-corrected chi connectivity index (χ0v) is 15.7. The second-order valence-corrected chi connectivity index (χ2v) is 7.02. The molecule has 0 radical (unpaired) electrons. The molecule has 0 spiro atoms. The van der Waals surface area contributed by atoms with E-state index in [-0.39, 0.29) is 0 Å². The number of rotatable bonds is 9. The van der Waals surface area contributed by atoms with Crippen molar-refractivity contribution in [1.29, 1.82) is 0 Å². The van der Waals surface area contributed by atoms with E-state index in [1.165, 1.54) is 5.56 Å². The molecule has 0 bridgehead atoms. The van der Waals surface area contributed by atoms with Crippen molar-refractivity contribution >= 4 is 17.5 Å². The molecule has 1 aliphatic rings. The van der Waals surface area contributed by atoms with Crippen LogP contribution in [0.25, 0.3) is 0 Å². The van der Waals surface area contributed by atoms with Crippen molar-refractivity contribution in [1.82, 2.24) is 10.2 Å². The Balaban J connectivity index is 1.39. The van der Waals surface area contributed by atoms with Crippen molar-refractivity contribution in [2.75, 3.05) is 19.6 Å². The number of nitrogens with zero attached hydrogens (tertiary/aromatic N) is 1. The summed E-state index contributed by atoms with van der Waals surface area (Å²) in [6.45, 7) is 3.97. The third kappa shape index (κ3) is 5.75. The van der Waals surface area contributed by atoms with Gasteiger partial charge in [-0.05, 0) is 54.8 Å². The van der Waals surface area contributed by atoms with Crippen molar-refractivity contribution in [2.45, 2.75) is 32.4 Å². The Morgan fingerprint density at radius 3 is 2.77 bits per heavy atom. The van der Waals surface area contributed by atoms with E-state index in [2.05, 4.69) is 17.4 Å². The summed E-state index contributed by atoms with van der Waals surface area (Å²) < 4.78 is 5.86. The lowest BCUT2D eigenvalue weighted by atomic mass is 10.2. The number of carbonyl (C=O) groups is 1. The van der Waals surface area contributed by atoms with Gasteiger partial charge in [0.05, 0.1) is 0 Å². The highest BCUT2D eigenvalue weighted by Crippen LogP contribution is 2.17. The van der Waals surface area contributed by atoms with E-state index in [0.29, 0.717) is 12.5 Å². The third-order valence-electron chi connectivity index (χ3n) is 4.48. The molecule has 2 aromatic rings. The topological polar surface area (TPSA) is 41.6 Å². The zero-order valence-electron chi connectivity index (χ0n) is 14.9. The van der Waals surface area contributed by atoms with Gasteiger partial charge in [-0.3, -0.25) is 4.79 Å². The van der Waals surface area contributed by atoms with Gasteiger partial charge in [-0.15, -0.1) is 0 Å². The summed E-state index contributed by atoms with van der Waals surface area (Å²) in [4.78, 5) is 13.5. The summed E-state index contributed by atoms with van der Waals surface area (Å²) >= 11 is 6.00.